The number of fused-ring (bicyclic) bond motifs is 11. The van der Waals surface area contributed by atoms with Gasteiger partial charge in [-0.3, -0.25) is 4.90 Å². The first-order valence-corrected chi connectivity index (χ1v) is 22.6. The lowest BCUT2D eigenvalue weighted by atomic mass is 9.78. The van der Waals surface area contributed by atoms with Crippen molar-refractivity contribution in [3.8, 4) is 0 Å². The summed E-state index contributed by atoms with van der Waals surface area (Å²) in [4.78, 5) is 8.69. The fourth-order valence-corrected chi connectivity index (χ4v) is 12.3. The van der Waals surface area contributed by atoms with E-state index < -0.39 is 5.79 Å². The molecule has 3 aliphatic carbocycles. The second kappa shape index (κ2) is 13.1. The molecule has 5 aromatic carbocycles. The molecular weight excluding hydrogens is 705 g/mol. The van der Waals surface area contributed by atoms with Crippen LogP contribution in [0.2, 0.25) is 0 Å². The predicted molar refractivity (Wildman–Crippen MR) is 242 cm³/mol. The lowest BCUT2D eigenvalue weighted by molar-refractivity contribution is -0.840. The van der Waals surface area contributed by atoms with Crippen LogP contribution in [0.1, 0.15) is 144 Å². The van der Waals surface area contributed by atoms with Gasteiger partial charge in [0, 0.05) is 36.1 Å². The molecule has 5 aromatic rings. The molecule has 0 radical (unpaired) electrons. The molecule has 3 unspecified atom stereocenters. The molecule has 0 bridgehead atoms. The number of allylic oxidation sites excluding steroid dienone is 1. The molecule has 0 amide bonds. The SMILES string of the molecule is Cc1ccc2cc3c(cc2c1)C(C)(C)C1N=C[N+]2=C(c4c(ccc5cc(C(C)(C)C)ccc45)C24N(C2CCCCC2)C=C(c2ccccc2)C=[N+]4C2CCCCC2)C31. The Morgan fingerprint density at radius 1 is 0.724 bits per heavy atom. The van der Waals surface area contributed by atoms with E-state index in [2.05, 4.69) is 165 Å². The highest BCUT2D eigenvalue weighted by molar-refractivity contribution is 6.17. The van der Waals surface area contributed by atoms with Gasteiger partial charge in [-0.25, -0.2) is 0 Å². The van der Waals surface area contributed by atoms with E-state index in [0.717, 1.165) is 0 Å². The van der Waals surface area contributed by atoms with Crippen molar-refractivity contribution in [2.24, 2.45) is 4.99 Å². The quantitative estimate of drug-likeness (QED) is 0.168. The molecule has 2 fully saturated rings. The van der Waals surface area contributed by atoms with Gasteiger partial charge < -0.3 is 0 Å². The maximum atomic E-state index is 5.80. The molecule has 3 atom stereocenters. The average molecular weight is 765 g/mol. The minimum Gasteiger partial charge on any atom is -0.272 e. The Labute approximate surface area is 345 Å². The molecular formula is C54H60N4+2. The Bertz CT molecular complexity index is 2620. The summed E-state index contributed by atoms with van der Waals surface area (Å²) < 4.78 is 5.64. The van der Waals surface area contributed by atoms with Crippen molar-refractivity contribution < 1.29 is 9.15 Å². The Morgan fingerprint density at radius 3 is 2.22 bits per heavy atom. The summed E-state index contributed by atoms with van der Waals surface area (Å²) in [6.45, 7) is 14.2. The Balaban J connectivity index is 1.25. The summed E-state index contributed by atoms with van der Waals surface area (Å²) in [7, 11) is 0. The van der Waals surface area contributed by atoms with Gasteiger partial charge in [-0.2, -0.15) is 4.58 Å². The molecule has 2 saturated carbocycles. The third-order valence-corrected chi connectivity index (χ3v) is 15.3. The van der Waals surface area contributed by atoms with E-state index in [-0.39, 0.29) is 22.8 Å². The minimum absolute atomic E-state index is 0.0660. The van der Waals surface area contributed by atoms with Crippen molar-refractivity contribution in [1.29, 1.82) is 0 Å². The first-order valence-electron chi connectivity index (χ1n) is 22.6. The van der Waals surface area contributed by atoms with E-state index in [0.29, 0.717) is 12.1 Å². The second-order valence-electron chi connectivity index (χ2n) is 20.2. The van der Waals surface area contributed by atoms with Gasteiger partial charge in [-0.15, -0.1) is 4.58 Å². The summed E-state index contributed by atoms with van der Waals surface area (Å²) in [6, 6.07) is 36.6. The summed E-state index contributed by atoms with van der Waals surface area (Å²) in [5.74, 6) is -0.438. The lowest BCUT2D eigenvalue weighted by Gasteiger charge is -2.46. The van der Waals surface area contributed by atoms with Gasteiger partial charge in [-0.05, 0) is 94.0 Å². The van der Waals surface area contributed by atoms with Crippen LogP contribution in [-0.4, -0.2) is 50.4 Å². The summed E-state index contributed by atoms with van der Waals surface area (Å²) in [6.07, 6.45) is 20.1. The predicted octanol–water partition coefficient (Wildman–Crippen LogP) is 12.1. The van der Waals surface area contributed by atoms with E-state index in [9.17, 15) is 0 Å². The molecule has 294 valence electrons. The van der Waals surface area contributed by atoms with E-state index in [1.807, 2.05) is 0 Å². The van der Waals surface area contributed by atoms with E-state index in [4.69, 9.17) is 4.99 Å². The van der Waals surface area contributed by atoms with Gasteiger partial charge in [0.2, 0.25) is 0 Å². The van der Waals surface area contributed by atoms with E-state index >= 15 is 0 Å². The normalized spacial score (nSPS) is 25.5. The van der Waals surface area contributed by atoms with Crippen LogP contribution >= 0.6 is 0 Å². The van der Waals surface area contributed by atoms with Crippen LogP contribution in [-0.2, 0) is 16.6 Å². The monoisotopic (exact) mass is 764 g/mol. The summed E-state index contributed by atoms with van der Waals surface area (Å²) >= 11 is 0. The van der Waals surface area contributed by atoms with Crippen LogP contribution in [0, 0.1) is 6.92 Å². The highest BCUT2D eigenvalue weighted by atomic mass is 15.5. The van der Waals surface area contributed by atoms with Gasteiger partial charge >= 0.3 is 5.79 Å². The van der Waals surface area contributed by atoms with Crippen LogP contribution < -0.4 is 0 Å². The topological polar surface area (TPSA) is 21.6 Å². The molecule has 0 aromatic heterocycles. The fraction of sp³-hybridized carbons (Fsp3) is 0.426. The summed E-state index contributed by atoms with van der Waals surface area (Å²) in [5.41, 5.74) is 12.5. The van der Waals surface area contributed by atoms with Crippen molar-refractivity contribution in [2.75, 3.05) is 0 Å². The number of aryl methyl sites for hydroxylation is 1. The average Bonchev–Trinajstić information content (AvgIpc) is 3.65. The lowest BCUT2D eigenvalue weighted by Crippen LogP contribution is -2.65. The Hall–Kier alpha value is -4.83. The Kier molecular flexibility index (Phi) is 8.18. The van der Waals surface area contributed by atoms with Crippen molar-refractivity contribution in [3.05, 3.63) is 136 Å². The molecule has 4 nitrogen and oxygen atoms in total. The van der Waals surface area contributed by atoms with E-state index in [1.54, 1.807) is 0 Å². The zero-order valence-corrected chi connectivity index (χ0v) is 35.6. The molecule has 3 aliphatic heterocycles. The molecule has 4 heteroatoms. The fourth-order valence-electron chi connectivity index (χ4n) is 12.3. The number of rotatable bonds is 3. The Morgan fingerprint density at radius 2 is 1.47 bits per heavy atom. The zero-order chi connectivity index (χ0) is 39.6. The zero-order valence-electron chi connectivity index (χ0n) is 35.6. The van der Waals surface area contributed by atoms with Crippen LogP contribution in [0.15, 0.2) is 102 Å². The largest absolute Gasteiger partial charge is 0.417 e. The molecule has 11 rings (SSSR count). The van der Waals surface area contributed by atoms with Gasteiger partial charge in [0.25, 0.3) is 6.34 Å². The third kappa shape index (κ3) is 5.21. The van der Waals surface area contributed by atoms with Crippen molar-refractivity contribution >= 4 is 45.4 Å². The highest BCUT2D eigenvalue weighted by Gasteiger charge is 2.69. The number of hydrogen-bond donors (Lipinski definition) is 0. The number of aliphatic imine (C=N–C) groups is 1. The van der Waals surface area contributed by atoms with E-state index in [1.165, 1.54) is 136 Å². The number of hydrogen-bond acceptors (Lipinski definition) is 2. The molecule has 6 aliphatic rings. The van der Waals surface area contributed by atoms with Crippen LogP contribution in [0.4, 0.5) is 0 Å². The molecule has 0 saturated heterocycles. The maximum absolute atomic E-state index is 5.80. The number of nitrogens with zero attached hydrogens (tertiary/aromatic N) is 4. The first kappa shape index (κ1) is 36.3. The van der Waals surface area contributed by atoms with Crippen molar-refractivity contribution in [3.63, 3.8) is 0 Å². The van der Waals surface area contributed by atoms with Crippen molar-refractivity contribution in [1.82, 2.24) is 4.90 Å². The first-order chi connectivity index (χ1) is 28.0. The second-order valence-corrected chi connectivity index (χ2v) is 20.2. The van der Waals surface area contributed by atoms with Crippen LogP contribution in [0.25, 0.3) is 27.1 Å². The van der Waals surface area contributed by atoms with Crippen LogP contribution in [0.3, 0.4) is 0 Å². The van der Waals surface area contributed by atoms with Gasteiger partial charge in [-0.1, -0.05) is 150 Å². The molecule has 1 spiro atoms. The standard InChI is InChI=1S/C54H60N4/c1-35-22-23-37-30-45-47(31-39(37)28-35)53(5,6)51-49(45)50-48-44-26-25-41(52(2,3)4)29-38(44)24-27-46(48)54(58(50)34-55-51)56(42-18-12-8-13-19-42)32-40(36-16-10-7-11-17-36)33-57(54)43-20-14-9-15-21-43/h7,10-11,16-17,22-34,42-43,49,51H,8-9,12-15,18-21H2,1-6H3/q+2. The van der Waals surface area contributed by atoms with Gasteiger partial charge in [0.15, 0.2) is 18.3 Å². The number of benzene rings is 5. The molecule has 0 N–H and O–H groups in total. The van der Waals surface area contributed by atoms with Crippen molar-refractivity contribution in [2.45, 2.75) is 146 Å². The summed E-state index contributed by atoms with van der Waals surface area (Å²) in [5, 5.41) is 5.39. The molecule has 58 heavy (non-hydrogen) atoms. The molecule has 3 heterocycles. The maximum Gasteiger partial charge on any atom is 0.417 e. The van der Waals surface area contributed by atoms with Gasteiger partial charge in [0.1, 0.15) is 11.3 Å². The minimum atomic E-state index is -0.570. The van der Waals surface area contributed by atoms with Crippen LogP contribution in [0.5, 0.6) is 0 Å². The third-order valence-electron chi connectivity index (χ3n) is 15.3. The highest BCUT2D eigenvalue weighted by Crippen LogP contribution is 2.57. The van der Waals surface area contributed by atoms with Gasteiger partial charge in [0.05, 0.1) is 11.5 Å². The smallest absolute Gasteiger partial charge is 0.272 e.